The van der Waals surface area contributed by atoms with Crippen molar-refractivity contribution in [2.45, 2.75) is 12.3 Å². The largest absolute Gasteiger partial charge is 0.416 e. The lowest BCUT2D eigenvalue weighted by Gasteiger charge is -2.12. The predicted molar refractivity (Wildman–Crippen MR) is 51.1 cm³/mol. The van der Waals surface area contributed by atoms with Gasteiger partial charge >= 0.3 is 6.18 Å². The highest BCUT2D eigenvalue weighted by molar-refractivity contribution is 5.28. The van der Waals surface area contributed by atoms with Crippen molar-refractivity contribution in [3.05, 3.63) is 35.4 Å². The molecule has 1 N–H and O–H groups in total. The molecule has 0 fully saturated rings. The van der Waals surface area contributed by atoms with Gasteiger partial charge in [-0.25, -0.2) is 0 Å². The summed E-state index contributed by atoms with van der Waals surface area (Å²) in [5.74, 6) is -1.30. The van der Waals surface area contributed by atoms with E-state index in [4.69, 9.17) is 10.5 Å². The van der Waals surface area contributed by atoms with E-state index in [1.165, 1.54) is 0 Å². The summed E-state index contributed by atoms with van der Waals surface area (Å²) >= 11 is 0. The zero-order chi connectivity index (χ0) is 13.1. The van der Waals surface area contributed by atoms with E-state index in [-0.39, 0.29) is 5.56 Å². The molecule has 1 rings (SSSR count). The molecule has 0 aromatic heterocycles. The van der Waals surface area contributed by atoms with Gasteiger partial charge in [-0.2, -0.15) is 23.7 Å². The van der Waals surface area contributed by atoms with Gasteiger partial charge in [0.15, 0.2) is 5.92 Å². The monoisotopic (exact) mass is 240 g/mol. The number of nitriles is 2. The molecule has 0 bridgehead atoms. The Morgan fingerprint density at radius 2 is 1.53 bits per heavy atom. The van der Waals surface area contributed by atoms with Crippen LogP contribution in [0.1, 0.15) is 17.2 Å². The van der Waals surface area contributed by atoms with Gasteiger partial charge in [-0.3, -0.25) is 0 Å². The fraction of sp³-hybridized carbons (Fsp3) is 0.273. The maximum absolute atomic E-state index is 12.2. The first kappa shape index (κ1) is 13.0. The number of nitrogens with zero attached hydrogens (tertiary/aromatic N) is 2. The highest BCUT2D eigenvalue weighted by Gasteiger charge is 2.30. The summed E-state index contributed by atoms with van der Waals surface area (Å²) in [5, 5.41) is 26.6. The Hall–Kier alpha value is -2.05. The average molecular weight is 240 g/mol. The first-order valence-corrected chi connectivity index (χ1v) is 4.54. The van der Waals surface area contributed by atoms with Gasteiger partial charge in [0.1, 0.15) is 6.10 Å². The molecule has 0 aliphatic heterocycles. The van der Waals surface area contributed by atoms with Crippen LogP contribution in [-0.2, 0) is 6.18 Å². The molecule has 6 heteroatoms. The van der Waals surface area contributed by atoms with Gasteiger partial charge in [0, 0.05) is 0 Å². The molecule has 1 unspecified atom stereocenters. The molecule has 1 aromatic rings. The molecule has 1 aromatic carbocycles. The van der Waals surface area contributed by atoms with Crippen molar-refractivity contribution in [2.24, 2.45) is 5.92 Å². The van der Waals surface area contributed by atoms with Gasteiger partial charge in [-0.15, -0.1) is 0 Å². The lowest BCUT2D eigenvalue weighted by molar-refractivity contribution is -0.137. The predicted octanol–water partition coefficient (Wildman–Crippen LogP) is 2.40. The number of hydrogen-bond donors (Lipinski definition) is 1. The summed E-state index contributed by atoms with van der Waals surface area (Å²) in [4.78, 5) is 0. The van der Waals surface area contributed by atoms with Crippen molar-refractivity contribution in [3.63, 3.8) is 0 Å². The van der Waals surface area contributed by atoms with E-state index in [9.17, 15) is 18.3 Å². The van der Waals surface area contributed by atoms with E-state index >= 15 is 0 Å². The van der Waals surface area contributed by atoms with Crippen molar-refractivity contribution in [2.75, 3.05) is 0 Å². The van der Waals surface area contributed by atoms with Crippen LogP contribution in [0.3, 0.4) is 0 Å². The summed E-state index contributed by atoms with van der Waals surface area (Å²) < 4.78 is 36.7. The number of alkyl halides is 3. The molecule has 1 atom stereocenters. The standard InChI is InChI=1S/C11H7F3N2O/c12-11(13,14)9-3-1-7(2-4-9)10(17)8(5-15)6-16/h1-4,8,10,17H. The molecule has 0 aliphatic carbocycles. The Morgan fingerprint density at radius 3 is 1.88 bits per heavy atom. The van der Waals surface area contributed by atoms with E-state index in [1.54, 1.807) is 12.1 Å². The number of hydrogen-bond acceptors (Lipinski definition) is 3. The molecule has 0 radical (unpaired) electrons. The fourth-order valence-corrected chi connectivity index (χ4v) is 1.23. The fourth-order valence-electron chi connectivity index (χ4n) is 1.23. The van der Waals surface area contributed by atoms with Crippen LogP contribution < -0.4 is 0 Å². The van der Waals surface area contributed by atoms with Crippen molar-refractivity contribution < 1.29 is 18.3 Å². The third kappa shape index (κ3) is 2.96. The quantitative estimate of drug-likeness (QED) is 0.862. The Bertz CT molecular complexity index is 453. The molecule has 0 saturated heterocycles. The van der Waals surface area contributed by atoms with Gasteiger partial charge in [0.25, 0.3) is 0 Å². The van der Waals surface area contributed by atoms with E-state index in [1.807, 2.05) is 0 Å². The molecule has 0 spiro atoms. The first-order chi connectivity index (χ1) is 7.90. The zero-order valence-electron chi connectivity index (χ0n) is 8.44. The average Bonchev–Trinajstić information content (AvgIpc) is 2.29. The Balaban J connectivity index is 2.97. The van der Waals surface area contributed by atoms with Crippen LogP contribution in [0, 0.1) is 28.6 Å². The molecule has 0 amide bonds. The minimum Gasteiger partial charge on any atom is -0.386 e. The van der Waals surface area contributed by atoms with Crippen molar-refractivity contribution in [3.8, 4) is 12.1 Å². The minimum atomic E-state index is -4.45. The van der Waals surface area contributed by atoms with Crippen molar-refractivity contribution >= 4 is 0 Å². The normalized spacial score (nSPS) is 12.9. The Labute approximate surface area is 95.3 Å². The van der Waals surface area contributed by atoms with Crippen LogP contribution in [0.25, 0.3) is 0 Å². The number of aliphatic hydroxyl groups is 1. The minimum absolute atomic E-state index is 0.103. The maximum atomic E-state index is 12.2. The molecule has 88 valence electrons. The molecule has 0 saturated carbocycles. The lowest BCUT2D eigenvalue weighted by atomic mass is 9.97. The first-order valence-electron chi connectivity index (χ1n) is 4.54. The van der Waals surface area contributed by atoms with E-state index in [0.29, 0.717) is 0 Å². The summed E-state index contributed by atoms with van der Waals surface area (Å²) in [5.41, 5.74) is -0.745. The van der Waals surface area contributed by atoms with Crippen LogP contribution in [0.15, 0.2) is 24.3 Å². The van der Waals surface area contributed by atoms with Crippen LogP contribution in [-0.4, -0.2) is 5.11 Å². The number of aliphatic hydroxyl groups excluding tert-OH is 1. The number of benzene rings is 1. The summed E-state index contributed by atoms with van der Waals surface area (Å²) in [7, 11) is 0. The maximum Gasteiger partial charge on any atom is 0.416 e. The van der Waals surface area contributed by atoms with Crippen molar-refractivity contribution in [1.29, 1.82) is 10.5 Å². The second-order valence-electron chi connectivity index (χ2n) is 3.30. The zero-order valence-corrected chi connectivity index (χ0v) is 8.44. The van der Waals surface area contributed by atoms with Crippen LogP contribution in [0.2, 0.25) is 0 Å². The van der Waals surface area contributed by atoms with Crippen LogP contribution >= 0.6 is 0 Å². The number of halogens is 3. The molecule has 0 heterocycles. The summed E-state index contributed by atoms with van der Waals surface area (Å²) in [6.07, 6.45) is -5.86. The van der Waals surface area contributed by atoms with Gasteiger partial charge in [0.05, 0.1) is 17.7 Å². The van der Waals surface area contributed by atoms with Crippen molar-refractivity contribution in [1.82, 2.24) is 0 Å². The van der Waals surface area contributed by atoms with E-state index in [2.05, 4.69) is 0 Å². The third-order valence-electron chi connectivity index (χ3n) is 2.17. The molecular formula is C11H7F3N2O. The second-order valence-corrected chi connectivity index (χ2v) is 3.30. The molecular weight excluding hydrogens is 233 g/mol. The molecule has 3 nitrogen and oxygen atoms in total. The lowest BCUT2D eigenvalue weighted by Crippen LogP contribution is -2.10. The highest BCUT2D eigenvalue weighted by atomic mass is 19.4. The highest BCUT2D eigenvalue weighted by Crippen LogP contribution is 2.30. The molecule has 0 aliphatic rings. The third-order valence-corrected chi connectivity index (χ3v) is 2.17. The Morgan fingerprint density at radius 1 is 1.06 bits per heavy atom. The second kappa shape index (κ2) is 4.86. The number of rotatable bonds is 2. The van der Waals surface area contributed by atoms with E-state index < -0.39 is 23.8 Å². The van der Waals surface area contributed by atoms with Gasteiger partial charge < -0.3 is 5.11 Å². The van der Waals surface area contributed by atoms with Gasteiger partial charge in [-0.1, -0.05) is 12.1 Å². The van der Waals surface area contributed by atoms with Gasteiger partial charge in [0.2, 0.25) is 0 Å². The van der Waals surface area contributed by atoms with Crippen LogP contribution in [0.5, 0.6) is 0 Å². The SMILES string of the molecule is N#CC(C#N)C(O)c1ccc(C(F)(F)F)cc1. The smallest absolute Gasteiger partial charge is 0.386 e. The topological polar surface area (TPSA) is 67.8 Å². The Kier molecular flexibility index (Phi) is 3.72. The van der Waals surface area contributed by atoms with E-state index in [0.717, 1.165) is 24.3 Å². The summed E-state index contributed by atoms with van der Waals surface area (Å²) in [6, 6.07) is 6.82. The van der Waals surface area contributed by atoms with Crippen LogP contribution in [0.4, 0.5) is 13.2 Å². The molecule has 17 heavy (non-hydrogen) atoms. The van der Waals surface area contributed by atoms with Gasteiger partial charge in [-0.05, 0) is 17.7 Å². The summed E-state index contributed by atoms with van der Waals surface area (Å²) in [6.45, 7) is 0.